The maximum absolute atomic E-state index is 12.4. The summed E-state index contributed by atoms with van der Waals surface area (Å²) in [5.41, 5.74) is 1.12. The average Bonchev–Trinajstić information content (AvgIpc) is 3.37. The number of nitrogens with one attached hydrogen (secondary N) is 2. The molecule has 0 fully saturated rings. The minimum Gasteiger partial charge on any atom is -0.351 e. The third-order valence-corrected chi connectivity index (χ3v) is 4.93. The molecule has 0 spiro atoms. The summed E-state index contributed by atoms with van der Waals surface area (Å²) in [6.45, 7) is 0.432. The van der Waals surface area contributed by atoms with Gasteiger partial charge in [0.25, 0.3) is 5.91 Å². The van der Waals surface area contributed by atoms with Gasteiger partial charge in [0.1, 0.15) is 0 Å². The predicted octanol–water partition coefficient (Wildman–Crippen LogP) is 2.86. The first-order valence-electron chi connectivity index (χ1n) is 8.78. The van der Waals surface area contributed by atoms with Gasteiger partial charge >= 0.3 is 0 Å². The monoisotopic (exact) mass is 396 g/mol. The topological polar surface area (TPSA) is 93.1 Å². The van der Waals surface area contributed by atoms with Crippen LogP contribution in [-0.2, 0) is 11.8 Å². The van der Waals surface area contributed by atoms with Crippen molar-refractivity contribution in [1.29, 1.82) is 0 Å². The number of thiophene rings is 1. The number of carbonyl (C=O) groups is 3. The van der Waals surface area contributed by atoms with E-state index in [0.717, 1.165) is 0 Å². The lowest BCUT2D eigenvalue weighted by molar-refractivity contribution is -0.116. The Balaban J connectivity index is 1.43. The fourth-order valence-electron chi connectivity index (χ4n) is 2.59. The van der Waals surface area contributed by atoms with Crippen molar-refractivity contribution in [2.75, 3.05) is 11.9 Å². The highest BCUT2D eigenvalue weighted by Crippen LogP contribution is 2.13. The van der Waals surface area contributed by atoms with Gasteiger partial charge in [-0.15, -0.1) is 11.3 Å². The minimum atomic E-state index is -0.174. The molecule has 8 heteroatoms. The lowest BCUT2D eigenvalue weighted by Crippen LogP contribution is -2.24. The second-order valence-corrected chi connectivity index (χ2v) is 7.10. The highest BCUT2D eigenvalue weighted by Gasteiger charge is 2.13. The molecule has 0 bridgehead atoms. The number of aryl methyl sites for hydroxylation is 1. The zero-order chi connectivity index (χ0) is 19.9. The van der Waals surface area contributed by atoms with Crippen LogP contribution in [0.25, 0.3) is 0 Å². The fraction of sp³-hybridized carbons (Fsp3) is 0.200. The number of ketones is 1. The number of hydrogen-bond donors (Lipinski definition) is 2. The summed E-state index contributed by atoms with van der Waals surface area (Å²) >= 11 is 1.38. The van der Waals surface area contributed by atoms with E-state index in [2.05, 4.69) is 15.6 Å². The molecule has 28 heavy (non-hydrogen) atoms. The van der Waals surface area contributed by atoms with Crippen LogP contribution in [0.5, 0.6) is 0 Å². The summed E-state index contributed by atoms with van der Waals surface area (Å²) in [7, 11) is 1.76. The van der Waals surface area contributed by atoms with Gasteiger partial charge in [0.15, 0.2) is 5.82 Å². The molecule has 2 amide bonds. The van der Waals surface area contributed by atoms with Gasteiger partial charge in [-0.1, -0.05) is 6.07 Å². The molecule has 7 nitrogen and oxygen atoms in total. The van der Waals surface area contributed by atoms with E-state index in [-0.39, 0.29) is 17.6 Å². The van der Waals surface area contributed by atoms with Crippen LogP contribution in [0.15, 0.2) is 54.2 Å². The summed E-state index contributed by atoms with van der Waals surface area (Å²) in [6, 6.07) is 10.3. The van der Waals surface area contributed by atoms with E-state index in [9.17, 15) is 14.4 Å². The van der Waals surface area contributed by atoms with E-state index in [4.69, 9.17) is 0 Å². The van der Waals surface area contributed by atoms with Crippen LogP contribution >= 0.6 is 11.3 Å². The van der Waals surface area contributed by atoms with Crippen molar-refractivity contribution in [3.63, 3.8) is 0 Å². The molecule has 0 unspecified atom stereocenters. The van der Waals surface area contributed by atoms with Crippen molar-refractivity contribution < 1.29 is 14.4 Å². The zero-order valence-electron chi connectivity index (χ0n) is 15.3. The molecule has 2 aromatic heterocycles. The second kappa shape index (κ2) is 9.09. The molecule has 144 valence electrons. The number of anilines is 1. The van der Waals surface area contributed by atoms with Gasteiger partial charge in [-0.2, -0.15) is 0 Å². The predicted molar refractivity (Wildman–Crippen MR) is 108 cm³/mol. The lowest BCUT2D eigenvalue weighted by Gasteiger charge is -2.07. The Morgan fingerprint density at radius 2 is 1.93 bits per heavy atom. The molecule has 0 aliphatic heterocycles. The normalized spacial score (nSPS) is 10.5. The molecule has 1 aromatic carbocycles. The molecular formula is C20H20N4O3S. The largest absolute Gasteiger partial charge is 0.351 e. The van der Waals surface area contributed by atoms with Crippen molar-refractivity contribution in [2.45, 2.75) is 12.8 Å². The van der Waals surface area contributed by atoms with Gasteiger partial charge in [0, 0.05) is 43.7 Å². The summed E-state index contributed by atoms with van der Waals surface area (Å²) in [5.74, 6) is -0.0785. The minimum absolute atomic E-state index is 0.122. The first-order chi connectivity index (χ1) is 13.5. The summed E-state index contributed by atoms with van der Waals surface area (Å²) < 4.78 is 1.66. The van der Waals surface area contributed by atoms with Crippen molar-refractivity contribution in [1.82, 2.24) is 14.9 Å². The molecule has 0 atom stereocenters. The van der Waals surface area contributed by atoms with E-state index in [1.807, 2.05) is 11.4 Å². The van der Waals surface area contributed by atoms with Gasteiger partial charge in [-0.05, 0) is 42.1 Å². The highest BCUT2D eigenvalue weighted by molar-refractivity contribution is 7.12. The van der Waals surface area contributed by atoms with Gasteiger partial charge in [0.05, 0.1) is 4.88 Å². The Morgan fingerprint density at radius 3 is 2.57 bits per heavy atom. The maximum Gasteiger partial charge on any atom is 0.261 e. The number of hydrogen-bond acceptors (Lipinski definition) is 5. The molecule has 3 aromatic rings. The van der Waals surface area contributed by atoms with E-state index >= 15 is 0 Å². The molecule has 0 aliphatic rings. The summed E-state index contributed by atoms with van der Waals surface area (Å²) in [6.07, 6.45) is 4.12. The number of amides is 2. The standard InChI is InChI=1S/C20H20N4O3S/c1-24-12-11-21-19(24)18(26)14-6-8-15(9-7-14)23-17(25)5-2-10-22-20(27)16-4-3-13-28-16/h3-4,6-9,11-13H,2,5,10H2,1H3,(H,22,27)(H,23,25). The van der Waals surface area contributed by atoms with E-state index < -0.39 is 0 Å². The first-order valence-corrected chi connectivity index (χ1v) is 9.66. The number of benzene rings is 1. The first kappa shape index (κ1) is 19.5. The number of imidazole rings is 1. The number of nitrogens with zero attached hydrogens (tertiary/aromatic N) is 2. The molecule has 2 heterocycles. The van der Waals surface area contributed by atoms with Crippen LogP contribution in [0, 0.1) is 0 Å². The van der Waals surface area contributed by atoms with E-state index in [1.54, 1.807) is 54.3 Å². The molecule has 0 aliphatic carbocycles. The van der Waals surface area contributed by atoms with Crippen molar-refractivity contribution in [3.8, 4) is 0 Å². The third kappa shape index (κ3) is 4.92. The summed E-state index contributed by atoms with van der Waals surface area (Å²) in [4.78, 5) is 40.9. The van der Waals surface area contributed by atoms with Crippen molar-refractivity contribution in [2.24, 2.45) is 7.05 Å². The van der Waals surface area contributed by atoms with Crippen LogP contribution < -0.4 is 10.6 Å². The Bertz CT molecular complexity index is 962. The zero-order valence-corrected chi connectivity index (χ0v) is 16.2. The van der Waals surface area contributed by atoms with Crippen LogP contribution in [0.1, 0.15) is 38.7 Å². The molecule has 0 saturated carbocycles. The number of aromatic nitrogens is 2. The van der Waals surface area contributed by atoms with E-state index in [0.29, 0.717) is 41.3 Å². The van der Waals surface area contributed by atoms with Crippen LogP contribution in [0.2, 0.25) is 0 Å². The van der Waals surface area contributed by atoms with Crippen LogP contribution in [0.3, 0.4) is 0 Å². The molecule has 2 N–H and O–H groups in total. The third-order valence-electron chi connectivity index (χ3n) is 4.07. The van der Waals surface area contributed by atoms with Crippen molar-refractivity contribution >= 4 is 34.6 Å². The molecule has 3 rings (SSSR count). The van der Waals surface area contributed by atoms with Gasteiger partial charge in [-0.3, -0.25) is 14.4 Å². The molecular weight excluding hydrogens is 376 g/mol. The fourth-order valence-corrected chi connectivity index (χ4v) is 3.23. The van der Waals surface area contributed by atoms with Gasteiger partial charge < -0.3 is 15.2 Å². The van der Waals surface area contributed by atoms with Gasteiger partial charge in [-0.25, -0.2) is 4.98 Å². The van der Waals surface area contributed by atoms with Crippen LogP contribution in [-0.4, -0.2) is 33.7 Å². The Kier molecular flexibility index (Phi) is 6.33. The quantitative estimate of drug-likeness (QED) is 0.452. The smallest absolute Gasteiger partial charge is 0.261 e. The Labute approximate surface area is 166 Å². The van der Waals surface area contributed by atoms with Crippen molar-refractivity contribution in [3.05, 3.63) is 70.4 Å². The Morgan fingerprint density at radius 1 is 1.14 bits per heavy atom. The summed E-state index contributed by atoms with van der Waals surface area (Å²) in [5, 5.41) is 7.42. The second-order valence-electron chi connectivity index (χ2n) is 6.15. The van der Waals surface area contributed by atoms with E-state index in [1.165, 1.54) is 11.3 Å². The SMILES string of the molecule is Cn1ccnc1C(=O)c1ccc(NC(=O)CCCNC(=O)c2cccs2)cc1. The Hall–Kier alpha value is -3.26. The highest BCUT2D eigenvalue weighted by atomic mass is 32.1. The van der Waals surface area contributed by atoms with Crippen LogP contribution in [0.4, 0.5) is 5.69 Å². The van der Waals surface area contributed by atoms with Gasteiger partial charge in [0.2, 0.25) is 11.7 Å². The molecule has 0 radical (unpaired) electrons. The number of carbonyl (C=O) groups excluding carboxylic acids is 3. The maximum atomic E-state index is 12.4. The molecule has 0 saturated heterocycles. The number of rotatable bonds is 8. The average molecular weight is 396 g/mol. The lowest BCUT2D eigenvalue weighted by atomic mass is 10.1.